The standard InChI is InChI=1S/C23H26NO3P.C2H6/c1-3-18-7-4-5-8-19(13-18)16-26-22-10-6-9-21(14-22)23-12-11-20(15-24-23)17-27-28-25-2;1-2/h5-15,28H,3-4,16-17H2,1-2H3;1-2H3. The zero-order valence-corrected chi connectivity index (χ0v) is 19.4. The third-order valence-electron chi connectivity index (χ3n) is 4.37. The molecule has 0 amide bonds. The molecule has 0 bridgehead atoms. The molecule has 0 saturated heterocycles. The molecular weight excluding hydrogens is 393 g/mol. The maximum absolute atomic E-state index is 6.04. The minimum Gasteiger partial charge on any atom is -0.489 e. The molecule has 1 heterocycles. The molecule has 1 unspecified atom stereocenters. The van der Waals surface area contributed by atoms with Gasteiger partial charge in [0.2, 0.25) is 0 Å². The molecule has 0 aliphatic heterocycles. The van der Waals surface area contributed by atoms with Crippen molar-refractivity contribution in [2.45, 2.75) is 40.2 Å². The smallest absolute Gasteiger partial charge is 0.155 e. The number of nitrogens with zero attached hydrogens (tertiary/aromatic N) is 1. The highest BCUT2D eigenvalue weighted by Gasteiger charge is 2.04. The molecule has 3 rings (SSSR count). The van der Waals surface area contributed by atoms with Crippen molar-refractivity contribution in [2.75, 3.05) is 13.7 Å². The Morgan fingerprint density at radius 3 is 2.67 bits per heavy atom. The molecule has 0 saturated carbocycles. The summed E-state index contributed by atoms with van der Waals surface area (Å²) in [4.78, 5) is 4.55. The molecule has 5 heteroatoms. The Kier molecular flexibility index (Phi) is 11.1. The van der Waals surface area contributed by atoms with Crippen LogP contribution in [0.1, 0.15) is 39.2 Å². The first-order valence-corrected chi connectivity index (χ1v) is 11.2. The zero-order chi connectivity index (χ0) is 21.6. The quantitative estimate of drug-likeness (QED) is 0.319. The molecule has 1 aromatic carbocycles. The van der Waals surface area contributed by atoms with Gasteiger partial charge in [0.15, 0.2) is 9.03 Å². The number of allylic oxidation sites excluding steroid dienone is 4. The summed E-state index contributed by atoms with van der Waals surface area (Å²) in [7, 11) is 1.67. The maximum Gasteiger partial charge on any atom is 0.155 e. The minimum atomic E-state index is 0.0507. The molecule has 0 radical (unpaired) electrons. The minimum absolute atomic E-state index is 0.0507. The van der Waals surface area contributed by atoms with Crippen LogP contribution in [-0.2, 0) is 15.7 Å². The molecule has 2 aromatic rings. The van der Waals surface area contributed by atoms with Gasteiger partial charge >= 0.3 is 0 Å². The van der Waals surface area contributed by atoms with Crippen LogP contribution in [-0.4, -0.2) is 18.7 Å². The van der Waals surface area contributed by atoms with Gasteiger partial charge in [-0.3, -0.25) is 4.98 Å². The van der Waals surface area contributed by atoms with Crippen molar-refractivity contribution in [3.63, 3.8) is 0 Å². The first-order valence-electron chi connectivity index (χ1n) is 10.4. The van der Waals surface area contributed by atoms with E-state index >= 15 is 0 Å². The van der Waals surface area contributed by atoms with Crippen LogP contribution >= 0.6 is 9.03 Å². The average Bonchev–Trinajstić information content (AvgIpc) is 3.05. The number of hydrogen-bond donors (Lipinski definition) is 0. The summed E-state index contributed by atoms with van der Waals surface area (Å²) >= 11 is 0. The lowest BCUT2D eigenvalue weighted by atomic mass is 10.1. The van der Waals surface area contributed by atoms with Crippen molar-refractivity contribution in [1.29, 1.82) is 0 Å². The first-order chi connectivity index (χ1) is 14.8. The molecule has 4 nitrogen and oxygen atoms in total. The van der Waals surface area contributed by atoms with Crippen LogP contribution in [0.25, 0.3) is 11.3 Å². The molecule has 1 aliphatic rings. The summed E-state index contributed by atoms with van der Waals surface area (Å²) in [5, 5.41) is 0. The van der Waals surface area contributed by atoms with Gasteiger partial charge in [-0.05, 0) is 42.2 Å². The topological polar surface area (TPSA) is 40.6 Å². The second-order valence-corrected chi connectivity index (χ2v) is 7.30. The number of rotatable bonds is 9. The summed E-state index contributed by atoms with van der Waals surface area (Å²) < 4.78 is 16.3. The summed E-state index contributed by atoms with van der Waals surface area (Å²) in [5.41, 5.74) is 5.51. The Labute approximate surface area is 182 Å². The summed E-state index contributed by atoms with van der Waals surface area (Å²) in [6, 6.07) is 12.1. The molecule has 1 atom stereocenters. The monoisotopic (exact) mass is 425 g/mol. The van der Waals surface area contributed by atoms with Gasteiger partial charge in [-0.2, -0.15) is 0 Å². The highest BCUT2D eigenvalue weighted by molar-refractivity contribution is 7.26. The second kappa shape index (κ2) is 13.9. The van der Waals surface area contributed by atoms with Gasteiger partial charge < -0.3 is 13.8 Å². The number of benzene rings is 1. The number of pyridine rings is 1. The van der Waals surface area contributed by atoms with Crippen molar-refractivity contribution in [3.05, 3.63) is 83.6 Å². The van der Waals surface area contributed by atoms with E-state index in [0.717, 1.165) is 35.4 Å². The third-order valence-corrected chi connectivity index (χ3v) is 4.80. The molecule has 0 fully saturated rings. The van der Waals surface area contributed by atoms with Crippen LogP contribution in [0.4, 0.5) is 0 Å². The normalized spacial score (nSPS) is 13.3. The van der Waals surface area contributed by atoms with Crippen molar-refractivity contribution < 1.29 is 13.8 Å². The number of aromatic nitrogens is 1. The van der Waals surface area contributed by atoms with Crippen molar-refractivity contribution in [3.8, 4) is 17.0 Å². The molecular formula is C25H32NO3P. The van der Waals surface area contributed by atoms with E-state index in [0.29, 0.717) is 13.2 Å². The number of ether oxygens (including phenoxy) is 1. The second-order valence-electron chi connectivity index (χ2n) is 6.43. The van der Waals surface area contributed by atoms with Gasteiger partial charge in [0.25, 0.3) is 0 Å². The van der Waals surface area contributed by atoms with E-state index in [9.17, 15) is 0 Å². The van der Waals surface area contributed by atoms with Crippen LogP contribution in [0.2, 0.25) is 0 Å². The van der Waals surface area contributed by atoms with E-state index in [1.165, 1.54) is 11.1 Å². The highest BCUT2D eigenvalue weighted by Crippen LogP contribution is 2.24. The Bertz CT molecular complexity index is 857. The molecule has 1 aromatic heterocycles. The Balaban J connectivity index is 0.00000155. The van der Waals surface area contributed by atoms with E-state index < -0.39 is 0 Å². The van der Waals surface area contributed by atoms with Gasteiger partial charge in [-0.1, -0.05) is 68.8 Å². The lowest BCUT2D eigenvalue weighted by Crippen LogP contribution is -2.00. The van der Waals surface area contributed by atoms with E-state index in [1.54, 1.807) is 7.11 Å². The maximum atomic E-state index is 6.04. The predicted octanol–water partition coefficient (Wildman–Crippen LogP) is 7.05. The van der Waals surface area contributed by atoms with Crippen molar-refractivity contribution in [2.24, 2.45) is 0 Å². The van der Waals surface area contributed by atoms with Crippen molar-refractivity contribution >= 4 is 9.03 Å². The van der Waals surface area contributed by atoms with Crippen LogP contribution in [0.5, 0.6) is 5.75 Å². The third kappa shape index (κ3) is 7.87. The van der Waals surface area contributed by atoms with E-state index in [4.69, 9.17) is 13.8 Å². The lowest BCUT2D eigenvalue weighted by molar-refractivity contribution is 0.292. The largest absolute Gasteiger partial charge is 0.489 e. The average molecular weight is 426 g/mol. The fourth-order valence-electron chi connectivity index (χ4n) is 2.88. The van der Waals surface area contributed by atoms with Gasteiger partial charge in [0, 0.05) is 18.9 Å². The van der Waals surface area contributed by atoms with Crippen LogP contribution in [0, 0.1) is 0 Å². The molecule has 30 heavy (non-hydrogen) atoms. The summed E-state index contributed by atoms with van der Waals surface area (Å²) in [6.07, 6.45) is 12.7. The number of hydrogen-bond acceptors (Lipinski definition) is 4. The van der Waals surface area contributed by atoms with Gasteiger partial charge in [-0.25, -0.2) is 0 Å². The fourth-order valence-corrected chi connectivity index (χ4v) is 3.23. The molecule has 1 aliphatic carbocycles. The Morgan fingerprint density at radius 2 is 1.93 bits per heavy atom. The molecule has 0 spiro atoms. The molecule has 160 valence electrons. The zero-order valence-electron chi connectivity index (χ0n) is 18.4. The van der Waals surface area contributed by atoms with Crippen LogP contribution < -0.4 is 4.74 Å². The van der Waals surface area contributed by atoms with E-state index in [1.807, 2.05) is 56.4 Å². The van der Waals surface area contributed by atoms with Gasteiger partial charge in [0.1, 0.15) is 12.4 Å². The van der Waals surface area contributed by atoms with Crippen LogP contribution in [0.3, 0.4) is 0 Å². The van der Waals surface area contributed by atoms with Crippen molar-refractivity contribution in [1.82, 2.24) is 4.98 Å². The van der Waals surface area contributed by atoms with E-state index in [2.05, 4.69) is 36.2 Å². The summed E-state index contributed by atoms with van der Waals surface area (Å²) in [5.74, 6) is 0.841. The van der Waals surface area contributed by atoms with E-state index in [-0.39, 0.29) is 9.03 Å². The summed E-state index contributed by atoms with van der Waals surface area (Å²) in [6.45, 7) is 7.23. The molecule has 0 N–H and O–H groups in total. The van der Waals surface area contributed by atoms with Gasteiger partial charge in [0.05, 0.1) is 12.3 Å². The van der Waals surface area contributed by atoms with Crippen LogP contribution in [0.15, 0.2) is 78.0 Å². The fraction of sp³-hybridized carbons (Fsp3) is 0.320. The Hall–Kier alpha value is -2.26. The lowest BCUT2D eigenvalue weighted by Gasteiger charge is -2.09. The predicted molar refractivity (Wildman–Crippen MR) is 127 cm³/mol. The van der Waals surface area contributed by atoms with Gasteiger partial charge in [-0.15, -0.1) is 0 Å². The SMILES string of the molecule is CC.CCC1=CCC=CC(COc2cccc(-c3ccc(COPOC)cn3)c2)=C1. The Morgan fingerprint density at radius 1 is 1.07 bits per heavy atom. The highest BCUT2D eigenvalue weighted by atomic mass is 31.1. The first kappa shape index (κ1) is 24.0.